The molecule has 2 N–H and O–H groups in total. The van der Waals surface area contributed by atoms with Crippen LogP contribution in [0.2, 0.25) is 10.0 Å². The lowest BCUT2D eigenvalue weighted by Crippen LogP contribution is -2.35. The second-order valence-electron chi connectivity index (χ2n) is 4.91. The molecular weight excluding hydrogens is 387 g/mol. The van der Waals surface area contributed by atoms with Crippen LogP contribution < -0.4 is 10.6 Å². The van der Waals surface area contributed by atoms with Crippen LogP contribution in [0.4, 0.5) is 5.69 Å². The number of nitrogens with one attached hydrogen (secondary N) is 2. The number of carbonyl (C=O) groups excluding carboxylic acids is 3. The molecule has 2 amide bonds. The Labute approximate surface area is 158 Å². The molecule has 9 heteroatoms. The lowest BCUT2D eigenvalue weighted by Gasteiger charge is -2.14. The monoisotopic (exact) mass is 400 g/mol. The topological polar surface area (TPSA) is 84.5 Å². The van der Waals surface area contributed by atoms with E-state index in [0.717, 1.165) is 0 Å². The van der Waals surface area contributed by atoms with E-state index >= 15 is 0 Å². The molecule has 0 aliphatic carbocycles. The molecule has 6 nitrogen and oxygen atoms in total. The molecule has 0 saturated carbocycles. The van der Waals surface area contributed by atoms with Gasteiger partial charge in [-0.25, -0.2) is 0 Å². The van der Waals surface area contributed by atoms with Crippen molar-refractivity contribution in [3.8, 4) is 0 Å². The molecule has 1 heterocycles. The number of halogens is 2. The van der Waals surface area contributed by atoms with Crippen molar-refractivity contribution < 1.29 is 19.1 Å². The Bertz CT molecular complexity index is 780. The first-order valence-electron chi connectivity index (χ1n) is 7.14. The van der Waals surface area contributed by atoms with Crippen LogP contribution in [0.3, 0.4) is 0 Å². The fourth-order valence-corrected chi connectivity index (χ4v) is 2.86. The van der Waals surface area contributed by atoms with E-state index in [2.05, 4.69) is 10.6 Å². The van der Waals surface area contributed by atoms with Gasteiger partial charge in [0.25, 0.3) is 11.8 Å². The minimum atomic E-state index is -1.06. The van der Waals surface area contributed by atoms with Crippen molar-refractivity contribution in [3.05, 3.63) is 50.6 Å². The SMILES string of the molecule is C[C@H](OC(=O)CNC(=O)c1cccs1)C(=O)Nc1ccc(Cl)cc1Cl. The van der Waals surface area contributed by atoms with Crippen LogP contribution in [0.5, 0.6) is 0 Å². The maximum absolute atomic E-state index is 12.0. The van der Waals surface area contributed by atoms with Crippen molar-refractivity contribution >= 4 is 58.0 Å². The van der Waals surface area contributed by atoms with E-state index in [1.807, 2.05) is 0 Å². The summed E-state index contributed by atoms with van der Waals surface area (Å²) >= 11 is 13.0. The molecule has 0 saturated heterocycles. The van der Waals surface area contributed by atoms with Crippen LogP contribution in [0, 0.1) is 0 Å². The van der Waals surface area contributed by atoms with Gasteiger partial charge in [-0.1, -0.05) is 29.3 Å². The third kappa shape index (κ3) is 5.74. The zero-order chi connectivity index (χ0) is 18.4. The highest BCUT2D eigenvalue weighted by Crippen LogP contribution is 2.25. The van der Waals surface area contributed by atoms with Gasteiger partial charge in [-0.2, -0.15) is 0 Å². The van der Waals surface area contributed by atoms with Gasteiger partial charge in [0, 0.05) is 5.02 Å². The highest BCUT2D eigenvalue weighted by atomic mass is 35.5. The average molecular weight is 401 g/mol. The van der Waals surface area contributed by atoms with Crippen molar-refractivity contribution in [3.63, 3.8) is 0 Å². The number of esters is 1. The third-order valence-electron chi connectivity index (χ3n) is 3.00. The summed E-state index contributed by atoms with van der Waals surface area (Å²) in [5.74, 6) is -1.66. The predicted octanol–water partition coefficient (Wildman–Crippen LogP) is 3.36. The van der Waals surface area contributed by atoms with Gasteiger partial charge in [0.1, 0.15) is 6.54 Å². The van der Waals surface area contributed by atoms with E-state index in [4.69, 9.17) is 27.9 Å². The molecule has 0 radical (unpaired) electrons. The maximum Gasteiger partial charge on any atom is 0.326 e. The number of hydrogen-bond acceptors (Lipinski definition) is 5. The summed E-state index contributed by atoms with van der Waals surface area (Å²) in [5.41, 5.74) is 0.352. The van der Waals surface area contributed by atoms with Gasteiger partial charge in [0.15, 0.2) is 6.10 Å². The Kier molecular flexibility index (Phi) is 6.81. The van der Waals surface area contributed by atoms with Crippen LogP contribution in [-0.2, 0) is 14.3 Å². The van der Waals surface area contributed by atoms with Gasteiger partial charge in [0.05, 0.1) is 15.6 Å². The van der Waals surface area contributed by atoms with E-state index in [1.165, 1.54) is 24.3 Å². The number of hydrogen-bond donors (Lipinski definition) is 2. The van der Waals surface area contributed by atoms with Crippen LogP contribution in [0.25, 0.3) is 0 Å². The molecule has 0 aliphatic rings. The van der Waals surface area contributed by atoms with Crippen LogP contribution >= 0.6 is 34.5 Å². The molecule has 1 atom stereocenters. The second kappa shape index (κ2) is 8.84. The van der Waals surface area contributed by atoms with Crippen molar-refractivity contribution in [2.24, 2.45) is 0 Å². The highest BCUT2D eigenvalue weighted by Gasteiger charge is 2.19. The lowest BCUT2D eigenvalue weighted by molar-refractivity contribution is -0.152. The van der Waals surface area contributed by atoms with E-state index < -0.39 is 18.0 Å². The number of thiophene rings is 1. The summed E-state index contributed by atoms with van der Waals surface area (Å²) in [5, 5.41) is 7.41. The fourth-order valence-electron chi connectivity index (χ4n) is 1.76. The number of ether oxygens (including phenoxy) is 1. The average Bonchev–Trinajstić information content (AvgIpc) is 3.09. The number of carbonyl (C=O) groups is 3. The van der Waals surface area contributed by atoms with Crippen molar-refractivity contribution in [1.82, 2.24) is 5.32 Å². The Morgan fingerprint density at radius 1 is 1.24 bits per heavy atom. The highest BCUT2D eigenvalue weighted by molar-refractivity contribution is 7.12. The molecule has 0 bridgehead atoms. The molecule has 2 aromatic rings. The molecule has 0 fully saturated rings. The van der Waals surface area contributed by atoms with Crippen molar-refractivity contribution in [1.29, 1.82) is 0 Å². The first-order chi connectivity index (χ1) is 11.9. The summed E-state index contributed by atoms with van der Waals surface area (Å²) in [7, 11) is 0. The van der Waals surface area contributed by atoms with E-state index in [-0.39, 0.29) is 17.5 Å². The van der Waals surface area contributed by atoms with Gasteiger partial charge in [-0.3, -0.25) is 14.4 Å². The standard InChI is InChI=1S/C16H14Cl2N2O4S/c1-9(15(22)20-12-5-4-10(17)7-11(12)18)24-14(21)8-19-16(23)13-3-2-6-25-13/h2-7,9H,8H2,1H3,(H,19,23)(H,20,22)/t9-/m0/s1. The zero-order valence-electron chi connectivity index (χ0n) is 13.0. The first-order valence-corrected chi connectivity index (χ1v) is 8.77. The summed E-state index contributed by atoms with van der Waals surface area (Å²) in [6.45, 7) is 1.08. The van der Waals surface area contributed by atoms with Crippen molar-refractivity contribution in [2.45, 2.75) is 13.0 Å². The number of rotatable bonds is 6. The van der Waals surface area contributed by atoms with E-state index in [9.17, 15) is 14.4 Å². The number of anilines is 1. The quantitative estimate of drug-likeness (QED) is 0.728. The molecule has 1 aromatic carbocycles. The molecule has 132 valence electrons. The Morgan fingerprint density at radius 3 is 2.64 bits per heavy atom. The molecule has 0 unspecified atom stereocenters. The van der Waals surface area contributed by atoms with E-state index in [1.54, 1.807) is 29.6 Å². The van der Waals surface area contributed by atoms with Gasteiger partial charge < -0.3 is 15.4 Å². The van der Waals surface area contributed by atoms with Crippen molar-refractivity contribution in [2.75, 3.05) is 11.9 Å². The molecule has 0 aliphatic heterocycles. The Balaban J connectivity index is 1.81. The maximum atomic E-state index is 12.0. The summed E-state index contributed by atoms with van der Waals surface area (Å²) in [6.07, 6.45) is -1.06. The third-order valence-corrected chi connectivity index (χ3v) is 4.42. The van der Waals surface area contributed by atoms with Gasteiger partial charge in [-0.05, 0) is 36.6 Å². The number of amides is 2. The Hall–Kier alpha value is -2.09. The summed E-state index contributed by atoms with van der Waals surface area (Å²) < 4.78 is 4.98. The summed E-state index contributed by atoms with van der Waals surface area (Å²) in [4.78, 5) is 36.0. The normalized spacial score (nSPS) is 11.5. The fraction of sp³-hybridized carbons (Fsp3) is 0.188. The van der Waals surface area contributed by atoms with Crippen LogP contribution in [0.15, 0.2) is 35.7 Å². The van der Waals surface area contributed by atoms with Gasteiger partial charge in [0.2, 0.25) is 0 Å². The smallest absolute Gasteiger partial charge is 0.326 e. The minimum Gasteiger partial charge on any atom is -0.451 e. The summed E-state index contributed by atoms with van der Waals surface area (Å²) in [6, 6.07) is 7.96. The second-order valence-corrected chi connectivity index (χ2v) is 6.70. The molecule has 2 rings (SSSR count). The largest absolute Gasteiger partial charge is 0.451 e. The van der Waals surface area contributed by atoms with Gasteiger partial charge >= 0.3 is 5.97 Å². The minimum absolute atomic E-state index is 0.266. The Morgan fingerprint density at radius 2 is 2.00 bits per heavy atom. The molecular formula is C16H14Cl2N2O4S. The molecule has 1 aromatic heterocycles. The van der Waals surface area contributed by atoms with Gasteiger partial charge in [-0.15, -0.1) is 11.3 Å². The predicted molar refractivity (Wildman–Crippen MR) is 97.3 cm³/mol. The number of benzene rings is 1. The zero-order valence-corrected chi connectivity index (χ0v) is 15.4. The molecule has 0 spiro atoms. The molecule has 25 heavy (non-hydrogen) atoms. The first kappa shape index (κ1) is 19.2. The van der Waals surface area contributed by atoms with Crippen LogP contribution in [-0.4, -0.2) is 30.4 Å². The lowest BCUT2D eigenvalue weighted by atomic mass is 10.3. The van der Waals surface area contributed by atoms with E-state index in [0.29, 0.717) is 15.6 Å². The van der Waals surface area contributed by atoms with Crippen LogP contribution in [0.1, 0.15) is 16.6 Å².